The van der Waals surface area contributed by atoms with E-state index < -0.39 is 5.97 Å². The van der Waals surface area contributed by atoms with Crippen molar-refractivity contribution in [2.45, 2.75) is 31.7 Å². The summed E-state index contributed by atoms with van der Waals surface area (Å²) in [7, 11) is 0. The van der Waals surface area contributed by atoms with E-state index in [1.807, 2.05) is 6.08 Å². The Morgan fingerprint density at radius 1 is 1.32 bits per heavy atom. The summed E-state index contributed by atoms with van der Waals surface area (Å²) >= 11 is 0. The van der Waals surface area contributed by atoms with E-state index in [-0.39, 0.29) is 17.5 Å². The predicted molar refractivity (Wildman–Crippen MR) is 72.8 cm³/mol. The van der Waals surface area contributed by atoms with E-state index in [0.717, 1.165) is 19.3 Å². The van der Waals surface area contributed by atoms with E-state index in [1.54, 1.807) is 30.3 Å². The van der Waals surface area contributed by atoms with Crippen LogP contribution in [-0.2, 0) is 4.79 Å². The van der Waals surface area contributed by atoms with Gasteiger partial charge in [0.15, 0.2) is 0 Å². The molecule has 19 heavy (non-hydrogen) atoms. The van der Waals surface area contributed by atoms with Crippen LogP contribution in [0.5, 0.6) is 0 Å². The fourth-order valence-electron chi connectivity index (χ4n) is 2.20. The smallest absolute Gasteiger partial charge is 0.336 e. The van der Waals surface area contributed by atoms with Crippen molar-refractivity contribution in [1.29, 1.82) is 0 Å². The van der Waals surface area contributed by atoms with Gasteiger partial charge in [-0.1, -0.05) is 36.8 Å². The number of rotatable bonds is 3. The monoisotopic (exact) mass is 259 g/mol. The molecule has 4 heteroatoms. The Labute approximate surface area is 112 Å². The van der Waals surface area contributed by atoms with Crippen molar-refractivity contribution in [2.75, 3.05) is 0 Å². The maximum absolute atomic E-state index is 11.4. The van der Waals surface area contributed by atoms with Crippen LogP contribution in [0.2, 0.25) is 0 Å². The van der Waals surface area contributed by atoms with E-state index in [0.29, 0.717) is 12.0 Å². The Morgan fingerprint density at radius 3 is 2.89 bits per heavy atom. The molecule has 1 fully saturated rings. The number of carbonyl (C=O) groups is 2. The van der Waals surface area contributed by atoms with E-state index in [2.05, 4.69) is 5.32 Å². The molecule has 1 aromatic carbocycles. The average Bonchev–Trinajstić information content (AvgIpc) is 2.61. The van der Waals surface area contributed by atoms with Crippen molar-refractivity contribution in [1.82, 2.24) is 5.32 Å². The van der Waals surface area contributed by atoms with E-state index in [9.17, 15) is 9.59 Å². The third-order valence-electron chi connectivity index (χ3n) is 3.21. The van der Waals surface area contributed by atoms with E-state index >= 15 is 0 Å². The van der Waals surface area contributed by atoms with Gasteiger partial charge in [0.05, 0.1) is 5.56 Å². The Kier molecular flexibility index (Phi) is 4.34. The van der Waals surface area contributed by atoms with Gasteiger partial charge in [0.2, 0.25) is 5.91 Å². The second-order valence-electron chi connectivity index (χ2n) is 4.67. The highest BCUT2D eigenvalue weighted by Gasteiger charge is 2.14. The topological polar surface area (TPSA) is 66.4 Å². The Balaban J connectivity index is 2.13. The molecule has 0 bridgehead atoms. The van der Waals surface area contributed by atoms with Crippen LogP contribution in [0.1, 0.15) is 41.6 Å². The zero-order valence-electron chi connectivity index (χ0n) is 10.6. The molecule has 1 saturated heterocycles. The molecular weight excluding hydrogens is 242 g/mol. The first-order chi connectivity index (χ1) is 9.16. The fourth-order valence-corrected chi connectivity index (χ4v) is 2.20. The number of carbonyl (C=O) groups excluding carboxylic acids is 1. The molecule has 1 aromatic rings. The molecule has 1 atom stereocenters. The summed E-state index contributed by atoms with van der Waals surface area (Å²) in [5.74, 6) is -0.871. The molecule has 0 spiro atoms. The second kappa shape index (κ2) is 6.18. The number of benzene rings is 1. The molecule has 2 N–H and O–H groups in total. The molecular formula is C15H17NO3. The highest BCUT2D eigenvalue weighted by atomic mass is 16.4. The molecule has 100 valence electrons. The van der Waals surface area contributed by atoms with Gasteiger partial charge in [-0.2, -0.15) is 0 Å². The molecule has 1 aliphatic heterocycles. The number of nitrogens with one attached hydrogen (secondary N) is 1. The first-order valence-corrected chi connectivity index (χ1v) is 6.47. The van der Waals surface area contributed by atoms with Crippen molar-refractivity contribution in [3.05, 3.63) is 41.5 Å². The first-order valence-electron chi connectivity index (χ1n) is 6.47. The van der Waals surface area contributed by atoms with Crippen LogP contribution >= 0.6 is 0 Å². The minimum absolute atomic E-state index is 0.00292. The Hall–Kier alpha value is -2.10. The fraction of sp³-hybridized carbons (Fsp3) is 0.333. The molecule has 0 radical (unpaired) electrons. The van der Waals surface area contributed by atoms with Gasteiger partial charge >= 0.3 is 5.97 Å². The Bertz CT molecular complexity index is 508. The van der Waals surface area contributed by atoms with Crippen molar-refractivity contribution in [3.63, 3.8) is 0 Å². The second-order valence-corrected chi connectivity index (χ2v) is 4.67. The highest BCUT2D eigenvalue weighted by molar-refractivity contribution is 5.92. The van der Waals surface area contributed by atoms with Gasteiger partial charge in [0.1, 0.15) is 0 Å². The summed E-state index contributed by atoms with van der Waals surface area (Å²) in [4.78, 5) is 22.5. The summed E-state index contributed by atoms with van der Waals surface area (Å²) in [6.45, 7) is 0. The zero-order chi connectivity index (χ0) is 13.7. The average molecular weight is 259 g/mol. The van der Waals surface area contributed by atoms with Crippen LogP contribution in [-0.4, -0.2) is 23.0 Å². The largest absolute Gasteiger partial charge is 0.478 e. The maximum Gasteiger partial charge on any atom is 0.336 e. The van der Waals surface area contributed by atoms with Crippen molar-refractivity contribution in [3.8, 4) is 0 Å². The van der Waals surface area contributed by atoms with Gasteiger partial charge in [-0.15, -0.1) is 0 Å². The Morgan fingerprint density at radius 2 is 2.11 bits per heavy atom. The van der Waals surface area contributed by atoms with E-state index in [1.165, 1.54) is 0 Å². The lowest BCUT2D eigenvalue weighted by Gasteiger charge is -2.10. The summed E-state index contributed by atoms with van der Waals surface area (Å²) in [5, 5.41) is 12.0. The number of hydrogen-bond acceptors (Lipinski definition) is 2. The lowest BCUT2D eigenvalue weighted by atomic mass is 10.0. The van der Waals surface area contributed by atoms with Crippen LogP contribution in [0.3, 0.4) is 0 Å². The molecule has 0 saturated carbocycles. The lowest BCUT2D eigenvalue weighted by molar-refractivity contribution is -0.121. The number of hydrogen-bond donors (Lipinski definition) is 2. The number of carboxylic acids is 1. The minimum Gasteiger partial charge on any atom is -0.478 e. The maximum atomic E-state index is 11.4. The quantitative estimate of drug-likeness (QED) is 0.876. The van der Waals surface area contributed by atoms with Gasteiger partial charge in [-0.25, -0.2) is 4.79 Å². The minimum atomic E-state index is -0.940. The van der Waals surface area contributed by atoms with Gasteiger partial charge in [0.25, 0.3) is 0 Å². The van der Waals surface area contributed by atoms with Crippen LogP contribution in [0.15, 0.2) is 30.3 Å². The van der Waals surface area contributed by atoms with Crippen molar-refractivity contribution in [2.24, 2.45) is 0 Å². The summed E-state index contributed by atoms with van der Waals surface area (Å²) in [5.41, 5.74) is 0.937. The van der Waals surface area contributed by atoms with Gasteiger partial charge in [0, 0.05) is 12.5 Å². The zero-order valence-corrected chi connectivity index (χ0v) is 10.6. The highest BCUT2D eigenvalue weighted by Crippen LogP contribution is 2.14. The molecule has 0 aromatic heterocycles. The van der Waals surface area contributed by atoms with Crippen LogP contribution in [0.4, 0.5) is 0 Å². The molecule has 2 rings (SSSR count). The van der Waals surface area contributed by atoms with Crippen molar-refractivity contribution >= 4 is 18.0 Å². The summed E-state index contributed by atoms with van der Waals surface area (Å²) in [6, 6.07) is 6.84. The number of aromatic carboxylic acids is 1. The predicted octanol–water partition coefficient (Wildman–Crippen LogP) is 2.46. The first kappa shape index (κ1) is 13.3. The molecule has 1 unspecified atom stereocenters. The number of carboxylic acid groups (broad SMARTS) is 1. The molecule has 1 heterocycles. The summed E-state index contributed by atoms with van der Waals surface area (Å²) in [6.07, 6.45) is 7.06. The third kappa shape index (κ3) is 3.68. The normalized spacial score (nSPS) is 20.0. The van der Waals surface area contributed by atoms with E-state index in [4.69, 9.17) is 5.11 Å². The van der Waals surface area contributed by atoms with Gasteiger partial charge in [-0.05, 0) is 24.5 Å². The van der Waals surface area contributed by atoms with Crippen molar-refractivity contribution < 1.29 is 14.7 Å². The van der Waals surface area contributed by atoms with Gasteiger partial charge in [-0.3, -0.25) is 4.79 Å². The summed E-state index contributed by atoms with van der Waals surface area (Å²) < 4.78 is 0. The van der Waals surface area contributed by atoms with Crippen LogP contribution < -0.4 is 5.32 Å². The molecule has 1 aliphatic rings. The third-order valence-corrected chi connectivity index (χ3v) is 3.21. The lowest BCUT2D eigenvalue weighted by Crippen LogP contribution is -2.30. The van der Waals surface area contributed by atoms with Gasteiger partial charge < -0.3 is 10.4 Å². The molecule has 0 aliphatic carbocycles. The standard InChI is InChI=1S/C15H17NO3/c17-14-8-4-2-6-12(16-14)10-9-11-5-1-3-7-13(11)15(18)19/h1,3,5,7,9-10,12H,2,4,6,8H2,(H,16,17)(H,18,19). The number of amides is 1. The molecule has 4 nitrogen and oxygen atoms in total. The SMILES string of the molecule is O=C1CCCCC(C=Cc2ccccc2C(=O)O)N1. The van der Waals surface area contributed by atoms with Crippen LogP contribution in [0, 0.1) is 0 Å². The van der Waals surface area contributed by atoms with Crippen LogP contribution in [0.25, 0.3) is 6.08 Å². The molecule has 1 amide bonds.